The number of nitrogens with one attached hydrogen (secondary N) is 2. The van der Waals surface area contributed by atoms with Gasteiger partial charge in [-0.05, 0) is 30.4 Å². The number of hydrogen-bond acceptors (Lipinski definition) is 2. The van der Waals surface area contributed by atoms with Gasteiger partial charge in [-0.2, -0.15) is 0 Å². The van der Waals surface area contributed by atoms with Gasteiger partial charge in [-0.1, -0.05) is 60.7 Å². The van der Waals surface area contributed by atoms with E-state index >= 15 is 0 Å². The monoisotopic (exact) mass is 365 g/mol. The highest BCUT2D eigenvalue weighted by Gasteiger charge is 2.31. The number of piperidine rings is 1. The van der Waals surface area contributed by atoms with Crippen molar-refractivity contribution in [3.8, 4) is 0 Å². The van der Waals surface area contributed by atoms with Crippen molar-refractivity contribution in [3.63, 3.8) is 0 Å². The maximum atomic E-state index is 12.8. The maximum Gasteiger partial charge on any atom is 0.318 e. The molecule has 142 valence electrons. The fraction of sp³-hybridized carbons (Fsp3) is 0.364. The van der Waals surface area contributed by atoms with Crippen LogP contribution in [0.15, 0.2) is 60.7 Å². The molecule has 0 unspecified atom stereocenters. The summed E-state index contributed by atoms with van der Waals surface area (Å²) < 4.78 is 0. The normalized spacial score (nSPS) is 16.8. The Morgan fingerprint density at radius 1 is 1.00 bits per heavy atom. The van der Waals surface area contributed by atoms with Gasteiger partial charge in [0.15, 0.2) is 0 Å². The molecule has 0 radical (unpaired) electrons. The van der Waals surface area contributed by atoms with Crippen molar-refractivity contribution in [3.05, 3.63) is 71.8 Å². The molecule has 2 N–H and O–H groups in total. The predicted octanol–water partition coefficient (Wildman–Crippen LogP) is 3.13. The molecule has 1 aliphatic rings. The molecule has 3 rings (SSSR count). The molecule has 1 saturated heterocycles. The van der Waals surface area contributed by atoms with E-state index in [4.69, 9.17) is 0 Å². The van der Waals surface area contributed by atoms with Crippen molar-refractivity contribution >= 4 is 11.9 Å². The molecule has 0 spiro atoms. The van der Waals surface area contributed by atoms with Gasteiger partial charge in [-0.25, -0.2) is 4.79 Å². The Kier molecular flexibility index (Phi) is 6.47. The minimum Gasteiger partial charge on any atom is -0.357 e. The number of benzene rings is 2. The summed E-state index contributed by atoms with van der Waals surface area (Å²) in [5.74, 6) is -0.0212. The molecule has 0 aromatic heterocycles. The molecule has 0 saturated carbocycles. The number of carbonyl (C=O) groups excluding carboxylic acids is 2. The third-order valence-electron chi connectivity index (χ3n) is 5.17. The highest BCUT2D eigenvalue weighted by molar-refractivity contribution is 5.87. The van der Waals surface area contributed by atoms with Crippen LogP contribution in [-0.4, -0.2) is 43.0 Å². The lowest BCUT2D eigenvalue weighted by Crippen LogP contribution is -2.54. The van der Waals surface area contributed by atoms with Crippen LogP contribution in [0, 0.1) is 0 Å². The summed E-state index contributed by atoms with van der Waals surface area (Å²) in [6, 6.07) is 19.8. The number of rotatable bonds is 5. The Bertz CT molecular complexity index is 709. The number of carbonyl (C=O) groups is 2. The molecule has 1 atom stereocenters. The molecular weight excluding hydrogens is 338 g/mol. The van der Waals surface area contributed by atoms with Crippen LogP contribution in [0.4, 0.5) is 4.79 Å². The Morgan fingerprint density at radius 3 is 2.15 bits per heavy atom. The first-order valence-electron chi connectivity index (χ1n) is 9.56. The van der Waals surface area contributed by atoms with E-state index in [2.05, 4.69) is 34.9 Å². The molecule has 1 aliphatic heterocycles. The standard InChI is InChI=1S/C22H27N3O2/c1-23-21(26)20-14-8-9-15-25(20)22(27)24-16-19(17-10-4-2-5-11-17)18-12-6-3-7-13-18/h2-7,10-13,19-20H,8-9,14-16H2,1H3,(H,23,26)(H,24,27)/t20-/m0/s1. The summed E-state index contributed by atoms with van der Waals surface area (Å²) in [5.41, 5.74) is 2.32. The van der Waals surface area contributed by atoms with E-state index in [-0.39, 0.29) is 23.9 Å². The summed E-state index contributed by atoms with van der Waals surface area (Å²) in [5, 5.41) is 5.74. The van der Waals surface area contributed by atoms with Gasteiger partial charge in [-0.15, -0.1) is 0 Å². The van der Waals surface area contributed by atoms with Crippen LogP contribution in [-0.2, 0) is 4.79 Å². The molecule has 27 heavy (non-hydrogen) atoms. The summed E-state index contributed by atoms with van der Waals surface area (Å²) in [7, 11) is 1.62. The number of hydrogen-bond donors (Lipinski definition) is 2. The van der Waals surface area contributed by atoms with Crippen molar-refractivity contribution in [2.24, 2.45) is 0 Å². The number of likely N-dealkylation sites (N-methyl/N-ethyl adjacent to an activating group) is 1. The van der Waals surface area contributed by atoms with E-state index in [1.54, 1.807) is 11.9 Å². The number of amides is 3. The van der Waals surface area contributed by atoms with Gasteiger partial charge in [0, 0.05) is 26.1 Å². The Labute approximate surface area is 160 Å². The number of urea groups is 1. The summed E-state index contributed by atoms with van der Waals surface area (Å²) >= 11 is 0. The third-order valence-corrected chi connectivity index (χ3v) is 5.17. The van der Waals surface area contributed by atoms with E-state index in [1.807, 2.05) is 36.4 Å². The van der Waals surface area contributed by atoms with E-state index < -0.39 is 0 Å². The minimum absolute atomic E-state index is 0.0691. The van der Waals surface area contributed by atoms with E-state index in [1.165, 1.54) is 0 Å². The SMILES string of the molecule is CNC(=O)[C@@H]1CCCCN1C(=O)NCC(c1ccccc1)c1ccccc1. The van der Waals surface area contributed by atoms with Crippen LogP contribution in [0.5, 0.6) is 0 Å². The van der Waals surface area contributed by atoms with Crippen molar-refractivity contribution in [1.29, 1.82) is 0 Å². The van der Waals surface area contributed by atoms with Crippen molar-refractivity contribution in [1.82, 2.24) is 15.5 Å². The van der Waals surface area contributed by atoms with Gasteiger partial charge in [0.1, 0.15) is 6.04 Å². The van der Waals surface area contributed by atoms with Gasteiger partial charge in [-0.3, -0.25) is 4.79 Å². The highest BCUT2D eigenvalue weighted by Crippen LogP contribution is 2.24. The van der Waals surface area contributed by atoms with E-state index in [0.29, 0.717) is 19.5 Å². The number of nitrogens with zero attached hydrogens (tertiary/aromatic N) is 1. The van der Waals surface area contributed by atoms with Gasteiger partial charge in [0.2, 0.25) is 5.91 Å². The van der Waals surface area contributed by atoms with Crippen molar-refractivity contribution in [2.45, 2.75) is 31.2 Å². The van der Waals surface area contributed by atoms with Crippen molar-refractivity contribution < 1.29 is 9.59 Å². The molecular formula is C22H27N3O2. The van der Waals surface area contributed by atoms with E-state index in [0.717, 1.165) is 24.0 Å². The summed E-state index contributed by atoms with van der Waals surface area (Å²) in [6.45, 7) is 1.11. The van der Waals surface area contributed by atoms with Gasteiger partial charge in [0.05, 0.1) is 0 Å². The molecule has 0 bridgehead atoms. The summed E-state index contributed by atoms with van der Waals surface area (Å²) in [6.07, 6.45) is 2.62. The second-order valence-corrected chi connectivity index (χ2v) is 6.88. The molecule has 2 aromatic rings. The fourth-order valence-corrected chi connectivity index (χ4v) is 3.70. The zero-order chi connectivity index (χ0) is 19.1. The maximum absolute atomic E-state index is 12.8. The molecule has 1 fully saturated rings. The second kappa shape index (κ2) is 9.21. The second-order valence-electron chi connectivity index (χ2n) is 6.88. The minimum atomic E-state index is -0.379. The first-order valence-corrected chi connectivity index (χ1v) is 9.56. The Hall–Kier alpha value is -2.82. The van der Waals surface area contributed by atoms with Crippen LogP contribution in [0.25, 0.3) is 0 Å². The van der Waals surface area contributed by atoms with Crippen LogP contribution in [0.1, 0.15) is 36.3 Å². The topological polar surface area (TPSA) is 61.4 Å². The number of likely N-dealkylation sites (tertiary alicyclic amines) is 1. The lowest BCUT2D eigenvalue weighted by molar-refractivity contribution is -0.125. The van der Waals surface area contributed by atoms with Crippen LogP contribution in [0.2, 0.25) is 0 Å². The average molecular weight is 365 g/mol. The van der Waals surface area contributed by atoms with Crippen LogP contribution in [0.3, 0.4) is 0 Å². The lowest BCUT2D eigenvalue weighted by Gasteiger charge is -2.34. The van der Waals surface area contributed by atoms with E-state index in [9.17, 15) is 9.59 Å². The van der Waals surface area contributed by atoms with Gasteiger partial charge >= 0.3 is 6.03 Å². The molecule has 3 amide bonds. The average Bonchev–Trinajstić information content (AvgIpc) is 2.74. The zero-order valence-corrected chi connectivity index (χ0v) is 15.7. The van der Waals surface area contributed by atoms with Crippen molar-refractivity contribution in [2.75, 3.05) is 20.1 Å². The predicted molar refractivity (Wildman–Crippen MR) is 107 cm³/mol. The van der Waals surface area contributed by atoms with Gasteiger partial charge in [0.25, 0.3) is 0 Å². The molecule has 0 aliphatic carbocycles. The quantitative estimate of drug-likeness (QED) is 0.855. The Balaban J connectivity index is 1.73. The molecule has 5 heteroatoms. The largest absolute Gasteiger partial charge is 0.357 e. The van der Waals surface area contributed by atoms with Crippen LogP contribution >= 0.6 is 0 Å². The van der Waals surface area contributed by atoms with Gasteiger partial charge < -0.3 is 15.5 Å². The lowest BCUT2D eigenvalue weighted by atomic mass is 9.91. The molecule has 2 aromatic carbocycles. The Morgan fingerprint density at radius 2 is 1.59 bits per heavy atom. The first kappa shape index (κ1) is 19.0. The first-order chi connectivity index (χ1) is 13.2. The molecule has 5 nitrogen and oxygen atoms in total. The smallest absolute Gasteiger partial charge is 0.318 e. The third kappa shape index (κ3) is 4.67. The fourth-order valence-electron chi connectivity index (χ4n) is 3.70. The van der Waals surface area contributed by atoms with Crippen LogP contribution < -0.4 is 10.6 Å². The molecule has 1 heterocycles. The highest BCUT2D eigenvalue weighted by atomic mass is 16.2. The summed E-state index contributed by atoms with van der Waals surface area (Å²) in [4.78, 5) is 26.6. The zero-order valence-electron chi connectivity index (χ0n) is 15.7.